The van der Waals surface area contributed by atoms with Gasteiger partial charge in [0.15, 0.2) is 0 Å². The third-order valence-corrected chi connectivity index (χ3v) is 10.8. The van der Waals surface area contributed by atoms with E-state index in [0.29, 0.717) is 55.5 Å². The summed E-state index contributed by atoms with van der Waals surface area (Å²) in [4.78, 5) is 26.2. The second kappa shape index (κ2) is 8.79. The van der Waals surface area contributed by atoms with Crippen molar-refractivity contribution in [3.8, 4) is 0 Å². The molecule has 2 unspecified atom stereocenters. The summed E-state index contributed by atoms with van der Waals surface area (Å²) in [5.41, 5.74) is 3.13. The van der Waals surface area contributed by atoms with Gasteiger partial charge in [-0.1, -0.05) is 25.5 Å². The van der Waals surface area contributed by atoms with Crippen LogP contribution in [0.3, 0.4) is 0 Å². The van der Waals surface area contributed by atoms with Gasteiger partial charge in [-0.3, -0.25) is 0 Å². The first-order valence-electron chi connectivity index (χ1n) is 13.8. The molecule has 2 heterocycles. The number of carbonyl (C=O) groups excluding carboxylic acids is 1. The van der Waals surface area contributed by atoms with Crippen molar-refractivity contribution in [1.82, 2.24) is 10.2 Å². The number of fused-ring (bicyclic) bond motifs is 5. The van der Waals surface area contributed by atoms with E-state index in [4.69, 9.17) is 9.15 Å². The predicted molar refractivity (Wildman–Crippen MR) is 134 cm³/mol. The van der Waals surface area contributed by atoms with Crippen LogP contribution in [0.5, 0.6) is 0 Å². The van der Waals surface area contributed by atoms with Crippen LogP contribution in [0.1, 0.15) is 76.7 Å². The molecule has 6 heteroatoms. The third-order valence-electron chi connectivity index (χ3n) is 10.8. The van der Waals surface area contributed by atoms with Crippen LogP contribution < -0.4 is 10.9 Å². The molecular weight excluding hydrogens is 440 g/mol. The van der Waals surface area contributed by atoms with E-state index in [1.807, 2.05) is 11.0 Å². The van der Waals surface area contributed by atoms with E-state index >= 15 is 0 Å². The van der Waals surface area contributed by atoms with Crippen molar-refractivity contribution < 1.29 is 13.9 Å². The Morgan fingerprint density at radius 3 is 2.69 bits per heavy atom. The Morgan fingerprint density at radius 1 is 1.09 bits per heavy atom. The molecule has 4 fully saturated rings. The van der Waals surface area contributed by atoms with Crippen LogP contribution in [-0.2, 0) is 4.74 Å². The number of amides is 2. The van der Waals surface area contributed by atoms with Crippen LogP contribution in [0.4, 0.5) is 4.79 Å². The van der Waals surface area contributed by atoms with E-state index in [1.165, 1.54) is 37.7 Å². The zero-order chi connectivity index (χ0) is 24.2. The minimum absolute atomic E-state index is 0.0999. The molecule has 4 aliphatic carbocycles. The molecule has 3 saturated carbocycles. The highest BCUT2D eigenvalue weighted by atomic mass is 16.5. The number of morpholine rings is 1. The highest BCUT2D eigenvalue weighted by molar-refractivity contribution is 5.74. The van der Waals surface area contributed by atoms with Crippen molar-refractivity contribution in [3.63, 3.8) is 0 Å². The standard InChI is InChI=1S/C29H40N2O4/c1-28-11-9-21(30-27(33)31-13-15-34-16-14-31)17-20(28)4-5-22-24-7-6-23(19-3-8-26(32)35-18-19)29(24,2)12-10-25(22)28/h3,7-8,18,20-23,25H,4-6,9-17H2,1-2H3,(H,30,33)/t20-,21+,22+,23-,25+,28?,29?/m1/s1. The molecule has 0 radical (unpaired) electrons. The first kappa shape index (κ1) is 23.3. The second-order valence-corrected chi connectivity index (χ2v) is 12.3. The number of nitrogens with zero attached hydrogens (tertiary/aromatic N) is 1. The molecule has 35 heavy (non-hydrogen) atoms. The summed E-state index contributed by atoms with van der Waals surface area (Å²) < 4.78 is 10.7. The number of ether oxygens (including phenoxy) is 1. The van der Waals surface area contributed by atoms with Crippen LogP contribution in [0, 0.1) is 28.6 Å². The maximum absolute atomic E-state index is 12.8. The number of hydrogen-bond acceptors (Lipinski definition) is 4. The molecule has 2 amide bonds. The number of nitrogens with one attached hydrogen (secondary N) is 1. The lowest BCUT2D eigenvalue weighted by atomic mass is 9.45. The van der Waals surface area contributed by atoms with Gasteiger partial charge in [0.2, 0.25) is 0 Å². The fourth-order valence-electron chi connectivity index (χ4n) is 8.82. The minimum Gasteiger partial charge on any atom is -0.431 e. The molecule has 7 atom stereocenters. The van der Waals surface area contributed by atoms with E-state index in [2.05, 4.69) is 25.2 Å². The van der Waals surface area contributed by atoms with Gasteiger partial charge in [0.25, 0.3) is 0 Å². The van der Waals surface area contributed by atoms with Crippen LogP contribution in [-0.4, -0.2) is 43.3 Å². The van der Waals surface area contributed by atoms with Gasteiger partial charge < -0.3 is 19.4 Å². The Morgan fingerprint density at radius 2 is 1.91 bits per heavy atom. The van der Waals surface area contributed by atoms with Crippen LogP contribution in [0.2, 0.25) is 0 Å². The molecule has 1 aliphatic heterocycles. The molecule has 0 spiro atoms. The summed E-state index contributed by atoms with van der Waals surface area (Å²) in [6.45, 7) is 7.73. The van der Waals surface area contributed by atoms with E-state index in [-0.39, 0.29) is 17.1 Å². The summed E-state index contributed by atoms with van der Waals surface area (Å²) in [6, 6.07) is 3.96. The van der Waals surface area contributed by atoms with E-state index < -0.39 is 0 Å². The molecule has 5 aliphatic rings. The maximum Gasteiger partial charge on any atom is 0.335 e. The summed E-state index contributed by atoms with van der Waals surface area (Å²) in [7, 11) is 0. The smallest absolute Gasteiger partial charge is 0.335 e. The first-order chi connectivity index (χ1) is 16.9. The molecule has 1 aromatic rings. The molecule has 1 aromatic heterocycles. The second-order valence-electron chi connectivity index (χ2n) is 12.3. The van der Waals surface area contributed by atoms with E-state index in [9.17, 15) is 9.59 Å². The SMILES string of the molecule is CC12CC[C@H]3[C@@H](CC[C@@H]4C[C@@H](NC(=O)N5CCOCC5)CCC43C)C1=CC[C@@H]2c1ccc(=O)oc1. The van der Waals surface area contributed by atoms with Gasteiger partial charge in [-0.15, -0.1) is 0 Å². The summed E-state index contributed by atoms with van der Waals surface area (Å²) in [6.07, 6.45) is 13.8. The number of carbonyl (C=O) groups is 1. The van der Waals surface area contributed by atoms with Crippen molar-refractivity contribution in [2.45, 2.75) is 77.2 Å². The third kappa shape index (κ3) is 3.87. The van der Waals surface area contributed by atoms with E-state index in [1.54, 1.807) is 17.9 Å². The number of hydrogen-bond donors (Lipinski definition) is 1. The van der Waals surface area contributed by atoms with Gasteiger partial charge in [0, 0.05) is 25.2 Å². The molecule has 190 valence electrons. The van der Waals surface area contributed by atoms with Gasteiger partial charge in [-0.05, 0) is 97.5 Å². The summed E-state index contributed by atoms with van der Waals surface area (Å²) in [5, 5.41) is 3.37. The van der Waals surface area contributed by atoms with Gasteiger partial charge >= 0.3 is 11.7 Å². The molecule has 1 saturated heterocycles. The van der Waals surface area contributed by atoms with Crippen molar-refractivity contribution in [2.75, 3.05) is 26.3 Å². The zero-order valence-corrected chi connectivity index (χ0v) is 21.3. The van der Waals surface area contributed by atoms with Crippen molar-refractivity contribution in [2.24, 2.45) is 28.6 Å². The number of allylic oxidation sites excluding steroid dienone is 2. The Bertz CT molecular complexity index is 1040. The topological polar surface area (TPSA) is 71.8 Å². The zero-order valence-electron chi connectivity index (χ0n) is 21.3. The Kier molecular flexibility index (Phi) is 5.86. The lowest BCUT2D eigenvalue weighted by Gasteiger charge is -2.60. The normalized spacial score (nSPS) is 40.8. The lowest BCUT2D eigenvalue weighted by Crippen LogP contribution is -2.55. The molecule has 6 nitrogen and oxygen atoms in total. The maximum atomic E-state index is 12.8. The molecular formula is C29H40N2O4. The molecule has 6 rings (SSSR count). The van der Waals surface area contributed by atoms with Gasteiger partial charge in [-0.2, -0.15) is 0 Å². The quantitative estimate of drug-likeness (QED) is 0.598. The number of urea groups is 1. The van der Waals surface area contributed by atoms with E-state index in [0.717, 1.165) is 25.2 Å². The van der Waals surface area contributed by atoms with Crippen LogP contribution in [0.25, 0.3) is 0 Å². The molecule has 0 bridgehead atoms. The van der Waals surface area contributed by atoms with Crippen molar-refractivity contribution >= 4 is 6.03 Å². The summed E-state index contributed by atoms with van der Waals surface area (Å²) >= 11 is 0. The van der Waals surface area contributed by atoms with Gasteiger partial charge in [0.1, 0.15) is 0 Å². The van der Waals surface area contributed by atoms with Crippen molar-refractivity contribution in [3.05, 3.63) is 46.0 Å². The Labute approximate surface area is 208 Å². The highest BCUT2D eigenvalue weighted by Crippen LogP contribution is 2.67. The van der Waals surface area contributed by atoms with Crippen LogP contribution in [0.15, 0.2) is 39.3 Å². The fourth-order valence-corrected chi connectivity index (χ4v) is 8.82. The minimum atomic E-state index is -0.267. The van der Waals surface area contributed by atoms with Gasteiger partial charge in [0.05, 0.1) is 19.5 Å². The fraction of sp³-hybridized carbons (Fsp3) is 0.724. The van der Waals surface area contributed by atoms with Crippen LogP contribution >= 0.6 is 0 Å². The van der Waals surface area contributed by atoms with Gasteiger partial charge in [-0.25, -0.2) is 9.59 Å². The van der Waals surface area contributed by atoms with Crippen molar-refractivity contribution in [1.29, 1.82) is 0 Å². The Balaban J connectivity index is 1.15. The predicted octanol–water partition coefficient (Wildman–Crippen LogP) is 5.10. The highest BCUT2D eigenvalue weighted by Gasteiger charge is 2.57. The monoisotopic (exact) mass is 480 g/mol. The largest absolute Gasteiger partial charge is 0.431 e. The molecule has 1 N–H and O–H groups in total. The lowest BCUT2D eigenvalue weighted by molar-refractivity contribution is -0.0590. The number of rotatable bonds is 2. The average Bonchev–Trinajstić information content (AvgIpc) is 3.22. The average molecular weight is 481 g/mol. The molecule has 0 aromatic carbocycles. The summed E-state index contributed by atoms with van der Waals surface area (Å²) in [5.74, 6) is 2.52. The first-order valence-corrected chi connectivity index (χ1v) is 13.8. The Hall–Kier alpha value is -2.08.